The van der Waals surface area contributed by atoms with Gasteiger partial charge in [0.15, 0.2) is 5.78 Å². The summed E-state index contributed by atoms with van der Waals surface area (Å²) in [5, 5.41) is 3.30. The first-order valence-electron chi connectivity index (χ1n) is 6.76. The molecule has 1 saturated heterocycles. The Balaban J connectivity index is 2.08. The van der Waals surface area contributed by atoms with E-state index in [4.69, 9.17) is 0 Å². The molecule has 1 fully saturated rings. The minimum atomic E-state index is 0.254. The number of Topliss-reactive ketones (excluding diaryl/α,β-unsaturated/α-hetero) is 1. The van der Waals surface area contributed by atoms with Gasteiger partial charge in [-0.25, -0.2) is 0 Å². The van der Waals surface area contributed by atoms with E-state index in [1.165, 1.54) is 5.69 Å². The Bertz CT molecular complexity index is 430. The number of nitrogens with one attached hydrogen (secondary N) is 1. The van der Waals surface area contributed by atoms with Crippen LogP contribution >= 0.6 is 0 Å². The highest BCUT2D eigenvalue weighted by Gasteiger charge is 2.18. The van der Waals surface area contributed by atoms with Gasteiger partial charge in [0.25, 0.3) is 0 Å². The minimum absolute atomic E-state index is 0.254. The molecule has 0 unspecified atom stereocenters. The molecule has 0 radical (unpaired) electrons. The molecule has 2 heterocycles. The van der Waals surface area contributed by atoms with Crippen LogP contribution in [-0.4, -0.2) is 48.0 Å². The lowest BCUT2D eigenvalue weighted by molar-refractivity contribution is 0.0921. The molecule has 1 N–H and O–H groups in total. The number of rotatable bonds is 4. The van der Waals surface area contributed by atoms with Crippen molar-refractivity contribution in [2.75, 3.05) is 32.7 Å². The second-order valence-electron chi connectivity index (χ2n) is 4.98. The van der Waals surface area contributed by atoms with Crippen LogP contribution < -0.4 is 5.32 Å². The van der Waals surface area contributed by atoms with Crippen LogP contribution in [0, 0.1) is 13.8 Å². The third kappa shape index (κ3) is 2.65. The van der Waals surface area contributed by atoms with Crippen LogP contribution in [0.25, 0.3) is 0 Å². The van der Waals surface area contributed by atoms with Crippen molar-refractivity contribution in [3.8, 4) is 0 Å². The van der Waals surface area contributed by atoms with Gasteiger partial charge in [-0.1, -0.05) is 0 Å². The number of piperazine rings is 1. The van der Waals surface area contributed by atoms with E-state index in [9.17, 15) is 4.79 Å². The molecule has 0 aliphatic carbocycles. The SMILES string of the molecule is CCn1c(C)cc(C(=O)CN2CCNCC2)c1C. The number of ketones is 1. The zero-order chi connectivity index (χ0) is 13.1. The molecule has 0 atom stereocenters. The highest BCUT2D eigenvalue weighted by molar-refractivity contribution is 5.99. The van der Waals surface area contributed by atoms with Gasteiger partial charge < -0.3 is 9.88 Å². The molecule has 1 aromatic rings. The van der Waals surface area contributed by atoms with Gasteiger partial charge in [0.05, 0.1) is 6.54 Å². The Labute approximate surface area is 109 Å². The van der Waals surface area contributed by atoms with E-state index < -0.39 is 0 Å². The van der Waals surface area contributed by atoms with Crippen LogP contribution in [0.3, 0.4) is 0 Å². The fourth-order valence-corrected chi connectivity index (χ4v) is 2.73. The zero-order valence-electron chi connectivity index (χ0n) is 11.6. The van der Waals surface area contributed by atoms with Crippen molar-refractivity contribution < 1.29 is 4.79 Å². The summed E-state index contributed by atoms with van der Waals surface area (Å²) in [5.41, 5.74) is 3.18. The average molecular weight is 249 g/mol. The number of aromatic nitrogens is 1. The summed E-state index contributed by atoms with van der Waals surface area (Å²) in [7, 11) is 0. The maximum absolute atomic E-state index is 12.3. The number of aryl methyl sites for hydroxylation is 1. The van der Waals surface area contributed by atoms with Gasteiger partial charge in [-0.3, -0.25) is 9.69 Å². The number of carbonyl (C=O) groups is 1. The first-order chi connectivity index (χ1) is 8.63. The van der Waals surface area contributed by atoms with Gasteiger partial charge in [0.2, 0.25) is 0 Å². The van der Waals surface area contributed by atoms with E-state index in [-0.39, 0.29) is 5.78 Å². The molecule has 1 aliphatic heterocycles. The number of hydrogen-bond acceptors (Lipinski definition) is 3. The van der Waals surface area contributed by atoms with Gasteiger partial charge in [0.1, 0.15) is 0 Å². The van der Waals surface area contributed by atoms with Crippen LogP contribution in [-0.2, 0) is 6.54 Å². The first kappa shape index (κ1) is 13.3. The van der Waals surface area contributed by atoms with Gasteiger partial charge in [-0.05, 0) is 26.8 Å². The van der Waals surface area contributed by atoms with Crippen molar-refractivity contribution in [3.05, 3.63) is 23.0 Å². The van der Waals surface area contributed by atoms with E-state index >= 15 is 0 Å². The van der Waals surface area contributed by atoms with Crippen molar-refractivity contribution in [2.24, 2.45) is 0 Å². The standard InChI is InChI=1S/C14H23N3O/c1-4-17-11(2)9-13(12(17)3)14(18)10-16-7-5-15-6-8-16/h9,15H,4-8,10H2,1-3H3. The lowest BCUT2D eigenvalue weighted by Gasteiger charge is -2.26. The molecule has 100 valence electrons. The summed E-state index contributed by atoms with van der Waals surface area (Å²) in [6, 6.07) is 2.03. The molecule has 0 bridgehead atoms. The summed E-state index contributed by atoms with van der Waals surface area (Å²) >= 11 is 0. The monoisotopic (exact) mass is 249 g/mol. The highest BCUT2D eigenvalue weighted by atomic mass is 16.1. The summed E-state index contributed by atoms with van der Waals surface area (Å²) < 4.78 is 2.20. The average Bonchev–Trinajstić information content (AvgIpc) is 2.65. The van der Waals surface area contributed by atoms with Crippen LogP contribution in [0.2, 0.25) is 0 Å². The summed E-state index contributed by atoms with van der Waals surface area (Å²) in [6.07, 6.45) is 0. The number of carbonyl (C=O) groups excluding carboxylic acids is 1. The lowest BCUT2D eigenvalue weighted by atomic mass is 10.1. The minimum Gasteiger partial charge on any atom is -0.349 e. The predicted octanol–water partition coefficient (Wildman–Crippen LogP) is 1.21. The second-order valence-corrected chi connectivity index (χ2v) is 4.98. The molecule has 4 nitrogen and oxygen atoms in total. The largest absolute Gasteiger partial charge is 0.349 e. The Morgan fingerprint density at radius 3 is 2.56 bits per heavy atom. The van der Waals surface area contributed by atoms with E-state index in [0.717, 1.165) is 44.0 Å². The van der Waals surface area contributed by atoms with Crippen LogP contribution in [0.1, 0.15) is 28.7 Å². The van der Waals surface area contributed by atoms with Gasteiger partial charge in [-0.2, -0.15) is 0 Å². The fourth-order valence-electron chi connectivity index (χ4n) is 2.73. The Kier molecular flexibility index (Phi) is 4.19. The van der Waals surface area contributed by atoms with Crippen LogP contribution in [0.15, 0.2) is 6.07 Å². The fraction of sp³-hybridized carbons (Fsp3) is 0.643. The topological polar surface area (TPSA) is 37.3 Å². The maximum atomic E-state index is 12.3. The summed E-state index contributed by atoms with van der Waals surface area (Å²) in [4.78, 5) is 14.6. The van der Waals surface area contributed by atoms with Crippen molar-refractivity contribution in [1.82, 2.24) is 14.8 Å². The first-order valence-corrected chi connectivity index (χ1v) is 6.76. The van der Waals surface area contributed by atoms with Crippen molar-refractivity contribution in [2.45, 2.75) is 27.3 Å². The van der Waals surface area contributed by atoms with Crippen LogP contribution in [0.5, 0.6) is 0 Å². The summed E-state index contributed by atoms with van der Waals surface area (Å²) in [6.45, 7) is 11.6. The van der Waals surface area contributed by atoms with E-state index in [1.54, 1.807) is 0 Å². The molecule has 2 rings (SSSR count). The third-order valence-corrected chi connectivity index (χ3v) is 3.77. The molecule has 18 heavy (non-hydrogen) atoms. The Morgan fingerprint density at radius 1 is 1.33 bits per heavy atom. The normalized spacial score (nSPS) is 17.1. The van der Waals surface area contributed by atoms with Crippen LogP contribution in [0.4, 0.5) is 0 Å². The molecule has 4 heteroatoms. The van der Waals surface area contributed by atoms with Crippen molar-refractivity contribution in [3.63, 3.8) is 0 Å². The molecule has 1 aromatic heterocycles. The van der Waals surface area contributed by atoms with Crippen molar-refractivity contribution in [1.29, 1.82) is 0 Å². The Morgan fingerprint density at radius 2 is 2.00 bits per heavy atom. The summed E-state index contributed by atoms with van der Waals surface area (Å²) in [5.74, 6) is 0.254. The molecule has 0 aromatic carbocycles. The van der Waals surface area contributed by atoms with Gasteiger partial charge in [0, 0.05) is 49.7 Å². The van der Waals surface area contributed by atoms with E-state index in [1.807, 2.05) is 13.0 Å². The van der Waals surface area contributed by atoms with E-state index in [2.05, 4.69) is 28.6 Å². The molecule has 0 saturated carbocycles. The van der Waals surface area contributed by atoms with Crippen molar-refractivity contribution >= 4 is 5.78 Å². The predicted molar refractivity (Wildman–Crippen MR) is 73.2 cm³/mol. The molecular formula is C14H23N3O. The molecule has 0 amide bonds. The quantitative estimate of drug-likeness (QED) is 0.815. The molecule has 1 aliphatic rings. The molecule has 0 spiro atoms. The highest BCUT2D eigenvalue weighted by Crippen LogP contribution is 2.16. The number of nitrogens with zero attached hydrogens (tertiary/aromatic N) is 2. The van der Waals surface area contributed by atoms with Gasteiger partial charge in [-0.15, -0.1) is 0 Å². The zero-order valence-corrected chi connectivity index (χ0v) is 11.6. The maximum Gasteiger partial charge on any atom is 0.178 e. The number of hydrogen-bond donors (Lipinski definition) is 1. The third-order valence-electron chi connectivity index (χ3n) is 3.77. The lowest BCUT2D eigenvalue weighted by Crippen LogP contribution is -2.45. The second kappa shape index (κ2) is 5.67. The smallest absolute Gasteiger partial charge is 0.178 e. The van der Waals surface area contributed by atoms with Gasteiger partial charge >= 0.3 is 0 Å². The molecular weight excluding hydrogens is 226 g/mol. The van der Waals surface area contributed by atoms with E-state index in [0.29, 0.717) is 6.54 Å². The Hall–Kier alpha value is -1.13.